The van der Waals surface area contributed by atoms with Gasteiger partial charge in [-0.1, -0.05) is 12.1 Å². The number of benzene rings is 1. The number of aliphatic hydroxyl groups excluding tert-OH is 1. The highest BCUT2D eigenvalue weighted by Crippen LogP contribution is 2.23. The molecule has 1 aromatic carbocycles. The van der Waals surface area contributed by atoms with E-state index in [2.05, 4.69) is 12.2 Å². The van der Waals surface area contributed by atoms with Gasteiger partial charge in [0.25, 0.3) is 0 Å². The van der Waals surface area contributed by atoms with Crippen LogP contribution in [0, 0.1) is 0 Å². The van der Waals surface area contributed by atoms with Gasteiger partial charge in [-0.25, -0.2) is 0 Å². The number of nitrogens with one attached hydrogen (secondary N) is 1. The molecule has 3 unspecified atom stereocenters. The van der Waals surface area contributed by atoms with Crippen LogP contribution in [0.3, 0.4) is 0 Å². The van der Waals surface area contributed by atoms with Gasteiger partial charge in [0.1, 0.15) is 5.75 Å². The van der Waals surface area contributed by atoms with Crippen molar-refractivity contribution in [2.24, 2.45) is 0 Å². The molecule has 0 aliphatic carbocycles. The molecule has 0 spiro atoms. The molecule has 0 bridgehead atoms. The van der Waals surface area contributed by atoms with E-state index in [4.69, 9.17) is 9.47 Å². The molecule has 1 aromatic rings. The van der Waals surface area contributed by atoms with Gasteiger partial charge in [0.15, 0.2) is 0 Å². The van der Waals surface area contributed by atoms with E-state index in [9.17, 15) is 5.11 Å². The Bertz CT molecular complexity index is 405. The predicted molar refractivity (Wildman–Crippen MR) is 79.0 cm³/mol. The number of rotatable bonds is 5. The van der Waals surface area contributed by atoms with E-state index in [1.165, 1.54) is 0 Å². The first-order valence-electron chi connectivity index (χ1n) is 7.33. The van der Waals surface area contributed by atoms with Crippen molar-refractivity contribution in [3.05, 3.63) is 29.8 Å². The maximum atomic E-state index is 10.3. The number of ether oxygens (including phenoxy) is 2. The highest BCUT2D eigenvalue weighted by molar-refractivity contribution is 5.28. The Kier molecular flexibility index (Phi) is 5.40. The van der Waals surface area contributed by atoms with E-state index in [1.807, 2.05) is 38.1 Å². The molecular formula is C16H25NO3. The van der Waals surface area contributed by atoms with Gasteiger partial charge in [-0.15, -0.1) is 0 Å². The van der Waals surface area contributed by atoms with E-state index < -0.39 is 6.10 Å². The molecule has 1 heterocycles. The Hall–Kier alpha value is -1.10. The molecule has 112 valence electrons. The molecule has 0 amide bonds. The van der Waals surface area contributed by atoms with E-state index in [0.29, 0.717) is 19.1 Å². The van der Waals surface area contributed by atoms with Crippen LogP contribution >= 0.6 is 0 Å². The van der Waals surface area contributed by atoms with Crippen molar-refractivity contribution in [3.63, 3.8) is 0 Å². The second-order valence-corrected chi connectivity index (χ2v) is 5.79. The average molecular weight is 279 g/mol. The molecule has 3 atom stereocenters. The Morgan fingerprint density at radius 2 is 2.00 bits per heavy atom. The van der Waals surface area contributed by atoms with Crippen molar-refractivity contribution in [1.29, 1.82) is 0 Å². The third-order valence-electron chi connectivity index (χ3n) is 3.35. The van der Waals surface area contributed by atoms with Crippen LogP contribution in [0.25, 0.3) is 0 Å². The summed E-state index contributed by atoms with van der Waals surface area (Å²) in [7, 11) is 0. The maximum Gasteiger partial charge on any atom is 0.119 e. The van der Waals surface area contributed by atoms with Crippen LogP contribution in [-0.2, 0) is 4.74 Å². The lowest BCUT2D eigenvalue weighted by Crippen LogP contribution is -2.47. The number of hydrogen-bond acceptors (Lipinski definition) is 4. The van der Waals surface area contributed by atoms with Gasteiger partial charge in [0.05, 0.1) is 25.4 Å². The molecule has 1 fully saturated rings. The summed E-state index contributed by atoms with van der Waals surface area (Å²) in [6.45, 7) is 7.50. The summed E-state index contributed by atoms with van der Waals surface area (Å²) in [6.07, 6.45) is 0.347. The summed E-state index contributed by atoms with van der Waals surface area (Å²) < 4.78 is 11.1. The second-order valence-electron chi connectivity index (χ2n) is 5.79. The molecule has 0 aromatic heterocycles. The number of hydrogen-bond donors (Lipinski definition) is 2. The standard InChI is InChI=1S/C16H25NO3/c1-11(2)20-15-6-4-13(5-7-15)16(18)8-14-10-19-9-12(3)17-14/h4-7,11-12,14,16-18H,8-10H2,1-3H3. The fourth-order valence-electron chi connectivity index (χ4n) is 2.47. The molecule has 1 saturated heterocycles. The van der Waals surface area contributed by atoms with Crippen LogP contribution in [0.4, 0.5) is 0 Å². The third-order valence-corrected chi connectivity index (χ3v) is 3.35. The van der Waals surface area contributed by atoms with Gasteiger partial charge in [0, 0.05) is 12.1 Å². The molecule has 0 saturated carbocycles. The lowest BCUT2D eigenvalue weighted by atomic mass is 10.0. The number of morpholine rings is 1. The van der Waals surface area contributed by atoms with Gasteiger partial charge < -0.3 is 19.9 Å². The first-order chi connectivity index (χ1) is 9.54. The predicted octanol–water partition coefficient (Wildman–Crippen LogP) is 2.27. The van der Waals surface area contributed by atoms with Crippen molar-refractivity contribution in [1.82, 2.24) is 5.32 Å². The Labute approximate surface area is 121 Å². The minimum atomic E-state index is -0.477. The number of aliphatic hydroxyl groups is 1. The van der Waals surface area contributed by atoms with Gasteiger partial charge in [0.2, 0.25) is 0 Å². The monoisotopic (exact) mass is 279 g/mol. The van der Waals surface area contributed by atoms with Crippen molar-refractivity contribution < 1.29 is 14.6 Å². The van der Waals surface area contributed by atoms with Crippen LogP contribution in [0.15, 0.2) is 24.3 Å². The molecule has 2 N–H and O–H groups in total. The molecule has 1 aliphatic rings. The minimum absolute atomic E-state index is 0.163. The average Bonchev–Trinajstić information content (AvgIpc) is 2.38. The van der Waals surface area contributed by atoms with E-state index in [-0.39, 0.29) is 12.1 Å². The molecule has 4 nitrogen and oxygen atoms in total. The van der Waals surface area contributed by atoms with Crippen LogP contribution in [0.1, 0.15) is 38.9 Å². The van der Waals surface area contributed by atoms with Gasteiger partial charge >= 0.3 is 0 Å². The fourth-order valence-corrected chi connectivity index (χ4v) is 2.47. The Balaban J connectivity index is 1.90. The van der Waals surface area contributed by atoms with Crippen LogP contribution in [0.5, 0.6) is 5.75 Å². The van der Waals surface area contributed by atoms with Crippen molar-refractivity contribution >= 4 is 0 Å². The SMILES string of the molecule is CC1COCC(CC(O)c2ccc(OC(C)C)cc2)N1. The van der Waals surface area contributed by atoms with E-state index >= 15 is 0 Å². The Morgan fingerprint density at radius 3 is 2.60 bits per heavy atom. The van der Waals surface area contributed by atoms with Crippen molar-refractivity contribution in [2.75, 3.05) is 13.2 Å². The highest BCUT2D eigenvalue weighted by Gasteiger charge is 2.21. The van der Waals surface area contributed by atoms with Crippen LogP contribution < -0.4 is 10.1 Å². The topological polar surface area (TPSA) is 50.7 Å². The highest BCUT2D eigenvalue weighted by atomic mass is 16.5. The third kappa shape index (κ3) is 4.47. The normalized spacial score (nSPS) is 24.6. The molecule has 4 heteroatoms. The van der Waals surface area contributed by atoms with Gasteiger partial charge in [-0.2, -0.15) is 0 Å². The largest absolute Gasteiger partial charge is 0.491 e. The summed E-state index contributed by atoms with van der Waals surface area (Å²) in [6, 6.07) is 8.23. The Morgan fingerprint density at radius 1 is 1.30 bits per heavy atom. The molecule has 1 aliphatic heterocycles. The summed E-state index contributed by atoms with van der Waals surface area (Å²) in [4.78, 5) is 0. The zero-order chi connectivity index (χ0) is 14.5. The zero-order valence-electron chi connectivity index (χ0n) is 12.5. The summed E-state index contributed by atoms with van der Waals surface area (Å²) in [5.41, 5.74) is 0.918. The zero-order valence-corrected chi connectivity index (χ0v) is 12.5. The molecule has 2 rings (SSSR count). The van der Waals surface area contributed by atoms with Crippen LogP contribution in [-0.4, -0.2) is 36.5 Å². The second kappa shape index (κ2) is 7.07. The summed E-state index contributed by atoms with van der Waals surface area (Å²) >= 11 is 0. The van der Waals surface area contributed by atoms with E-state index in [1.54, 1.807) is 0 Å². The van der Waals surface area contributed by atoms with Crippen molar-refractivity contribution in [3.8, 4) is 5.75 Å². The van der Waals surface area contributed by atoms with Gasteiger partial charge in [-0.05, 0) is 44.9 Å². The molecule has 20 heavy (non-hydrogen) atoms. The molecule has 0 radical (unpaired) electrons. The summed E-state index contributed by atoms with van der Waals surface area (Å²) in [5.74, 6) is 0.837. The lowest BCUT2D eigenvalue weighted by molar-refractivity contribution is 0.0304. The fraction of sp³-hybridized carbons (Fsp3) is 0.625. The lowest BCUT2D eigenvalue weighted by Gasteiger charge is -2.30. The maximum absolute atomic E-state index is 10.3. The van der Waals surface area contributed by atoms with Crippen molar-refractivity contribution in [2.45, 2.75) is 51.5 Å². The minimum Gasteiger partial charge on any atom is -0.491 e. The molecular weight excluding hydrogens is 254 g/mol. The summed E-state index contributed by atoms with van der Waals surface area (Å²) in [5, 5.41) is 13.7. The van der Waals surface area contributed by atoms with Gasteiger partial charge in [-0.3, -0.25) is 0 Å². The smallest absolute Gasteiger partial charge is 0.119 e. The van der Waals surface area contributed by atoms with E-state index in [0.717, 1.165) is 17.9 Å². The quantitative estimate of drug-likeness (QED) is 0.868. The van der Waals surface area contributed by atoms with Crippen LogP contribution in [0.2, 0.25) is 0 Å². The first-order valence-corrected chi connectivity index (χ1v) is 7.33. The first kappa shape index (κ1) is 15.3.